The number of methoxy groups -OCH3 is 2. The molecule has 0 N–H and O–H groups in total. The van der Waals surface area contributed by atoms with Crippen LogP contribution in [0.3, 0.4) is 0 Å². The van der Waals surface area contributed by atoms with E-state index in [1.807, 2.05) is 60.7 Å². The first-order valence-electron chi connectivity index (χ1n) is 19.3. The molecule has 0 aliphatic carbocycles. The van der Waals surface area contributed by atoms with Crippen molar-refractivity contribution in [2.45, 2.75) is 15.2 Å². The van der Waals surface area contributed by atoms with Gasteiger partial charge in [-0.1, -0.05) is 109 Å². The van der Waals surface area contributed by atoms with E-state index >= 15 is 4.57 Å². The number of fused-ring (bicyclic) bond motifs is 14. The fourth-order valence-corrected chi connectivity index (χ4v) is 14.2. The zero-order chi connectivity index (χ0) is 38.8. The number of aromatic nitrogens is 1. The Morgan fingerprint density at radius 2 is 1.17 bits per heavy atom. The van der Waals surface area contributed by atoms with Crippen LogP contribution in [0.25, 0.3) is 49.4 Å². The maximum atomic E-state index is 16.5. The molecule has 2 aliphatic heterocycles. The van der Waals surface area contributed by atoms with Crippen molar-refractivity contribution >= 4 is 78.6 Å². The van der Waals surface area contributed by atoms with Gasteiger partial charge in [-0.25, -0.2) is 0 Å². The molecule has 0 saturated carbocycles. The smallest absolute Gasteiger partial charge is 0.171 e. The van der Waals surface area contributed by atoms with Gasteiger partial charge in [0.25, 0.3) is 0 Å². The maximum absolute atomic E-state index is 16.5. The van der Waals surface area contributed by atoms with Gasteiger partial charge in [-0.05, 0) is 95.1 Å². The molecular weight excluding hydrogens is 754 g/mol. The van der Waals surface area contributed by atoms with Crippen molar-refractivity contribution in [2.75, 3.05) is 14.2 Å². The molecule has 0 fully saturated rings. The van der Waals surface area contributed by atoms with E-state index in [0.717, 1.165) is 103 Å². The molecule has 7 heteroatoms. The summed E-state index contributed by atoms with van der Waals surface area (Å²) in [5.74, 6) is 1.60. The average Bonchev–Trinajstić information content (AvgIpc) is 3.81. The van der Waals surface area contributed by atoms with E-state index in [4.69, 9.17) is 13.9 Å². The molecular formula is C51H34NO4PS. The van der Waals surface area contributed by atoms with E-state index in [1.54, 1.807) is 26.0 Å². The fourth-order valence-electron chi connectivity index (χ4n) is 9.85. The molecule has 0 amide bonds. The molecule has 5 nitrogen and oxygen atoms in total. The average molecular weight is 788 g/mol. The van der Waals surface area contributed by atoms with Crippen LogP contribution in [0.5, 0.6) is 11.5 Å². The molecule has 2 atom stereocenters. The van der Waals surface area contributed by atoms with Crippen LogP contribution in [0.15, 0.2) is 184 Å². The van der Waals surface area contributed by atoms with E-state index < -0.39 is 12.6 Å². The second kappa shape index (κ2) is 12.3. The molecule has 58 heavy (non-hydrogen) atoms. The third kappa shape index (κ3) is 4.36. The first kappa shape index (κ1) is 33.7. The third-order valence-corrected chi connectivity index (χ3v) is 16.6. The van der Waals surface area contributed by atoms with E-state index in [9.17, 15) is 0 Å². The lowest BCUT2D eigenvalue weighted by atomic mass is 9.64. The summed E-state index contributed by atoms with van der Waals surface area (Å²) in [5.41, 5.74) is 8.35. The van der Waals surface area contributed by atoms with Gasteiger partial charge in [0.1, 0.15) is 22.7 Å². The highest BCUT2D eigenvalue weighted by Gasteiger charge is 2.54. The van der Waals surface area contributed by atoms with Gasteiger partial charge in [-0.15, -0.1) is 0 Å². The number of rotatable bonds is 4. The van der Waals surface area contributed by atoms with Crippen LogP contribution in [-0.2, 0) is 9.98 Å². The van der Waals surface area contributed by atoms with Crippen molar-refractivity contribution in [3.63, 3.8) is 0 Å². The van der Waals surface area contributed by atoms with Crippen LogP contribution in [0.2, 0.25) is 0 Å². The molecule has 1 spiro atoms. The second-order valence-electron chi connectivity index (χ2n) is 15.1. The van der Waals surface area contributed by atoms with E-state index in [0.29, 0.717) is 0 Å². The van der Waals surface area contributed by atoms with Gasteiger partial charge in [-0.2, -0.15) is 0 Å². The summed E-state index contributed by atoms with van der Waals surface area (Å²) in [6.07, 6.45) is 0. The van der Waals surface area contributed by atoms with Gasteiger partial charge in [0.05, 0.1) is 30.7 Å². The van der Waals surface area contributed by atoms with Gasteiger partial charge in [0, 0.05) is 52.9 Å². The summed E-state index contributed by atoms with van der Waals surface area (Å²) in [6.45, 7) is 0. The summed E-state index contributed by atoms with van der Waals surface area (Å²) >= 11 is 1.80. The minimum atomic E-state index is -3.42. The Balaban J connectivity index is 1.21. The molecule has 0 saturated heterocycles. The third-order valence-electron chi connectivity index (χ3n) is 12.3. The summed E-state index contributed by atoms with van der Waals surface area (Å²) in [4.78, 5) is 2.31. The number of ether oxygens (including phenoxy) is 2. The van der Waals surface area contributed by atoms with E-state index in [2.05, 4.69) is 114 Å². The molecule has 0 radical (unpaired) electrons. The minimum Gasteiger partial charge on any atom is -0.497 e. The van der Waals surface area contributed by atoms with Gasteiger partial charge < -0.3 is 23.0 Å². The highest BCUT2D eigenvalue weighted by atomic mass is 32.2. The SMILES string of the molecule is COc1ccc2c(c1)c1cc(OC)ccc1n2-c1ccc2c(c1)Sc1ccccc1C21c2ccccc2P(=O)(c2ccccc2)c2cc3oc4ccccc4c3cc21. The van der Waals surface area contributed by atoms with Crippen LogP contribution >= 0.6 is 18.9 Å². The predicted molar refractivity (Wildman–Crippen MR) is 237 cm³/mol. The summed E-state index contributed by atoms with van der Waals surface area (Å²) < 4.78 is 36.8. The van der Waals surface area contributed by atoms with Crippen molar-refractivity contribution < 1.29 is 18.5 Å². The largest absolute Gasteiger partial charge is 0.497 e. The van der Waals surface area contributed by atoms with Crippen molar-refractivity contribution in [1.29, 1.82) is 0 Å². The Morgan fingerprint density at radius 3 is 1.93 bits per heavy atom. The second-order valence-corrected chi connectivity index (χ2v) is 18.8. The Bertz CT molecular complexity index is 3340. The first-order valence-corrected chi connectivity index (χ1v) is 21.9. The molecule has 278 valence electrons. The number of hydrogen-bond acceptors (Lipinski definition) is 5. The van der Waals surface area contributed by atoms with Gasteiger partial charge in [0.2, 0.25) is 0 Å². The first-order chi connectivity index (χ1) is 28.5. The van der Waals surface area contributed by atoms with Gasteiger partial charge in [0.15, 0.2) is 7.14 Å². The lowest BCUT2D eigenvalue weighted by Crippen LogP contribution is -2.48. The Labute approximate surface area is 338 Å². The van der Waals surface area contributed by atoms with Crippen LogP contribution < -0.4 is 25.4 Å². The van der Waals surface area contributed by atoms with Crippen LogP contribution in [0, 0.1) is 0 Å². The zero-order valence-electron chi connectivity index (χ0n) is 31.6. The number of para-hydroxylation sites is 1. The summed E-state index contributed by atoms with van der Waals surface area (Å²) in [5, 5.41) is 6.70. The molecule has 0 bridgehead atoms. The van der Waals surface area contributed by atoms with Gasteiger partial charge in [-0.3, -0.25) is 0 Å². The Kier molecular flexibility index (Phi) is 7.12. The zero-order valence-corrected chi connectivity index (χ0v) is 33.3. The standard InChI is InChI=1S/C51H34NO4PS/c1-54-32-21-24-43-36(27-32)37-28-33(55-2)22-25-44(37)52(43)31-20-23-41-50(26-31)58-49-19-11-8-16-40(49)51(41)39-15-7-10-18-47(39)57(53,34-12-4-3-5-13-34)48-30-46-38(29-42(48)51)35-14-6-9-17-45(35)56-46/h3-30H,1-2H3. The van der Waals surface area contributed by atoms with Crippen molar-refractivity contribution in [3.05, 3.63) is 192 Å². The predicted octanol–water partition coefficient (Wildman–Crippen LogP) is 11.5. The molecule has 2 unspecified atom stereocenters. The van der Waals surface area contributed by atoms with E-state index in [1.165, 1.54) is 5.56 Å². The topological polar surface area (TPSA) is 53.6 Å². The van der Waals surface area contributed by atoms with Crippen LogP contribution in [-0.4, -0.2) is 18.8 Å². The summed E-state index contributed by atoms with van der Waals surface area (Å²) in [7, 11) is -0.0107. The van der Waals surface area contributed by atoms with E-state index in [-0.39, 0.29) is 0 Å². The van der Waals surface area contributed by atoms with Crippen molar-refractivity contribution in [3.8, 4) is 17.2 Å². The molecule has 12 rings (SSSR count). The lowest BCUT2D eigenvalue weighted by Gasteiger charge is -2.47. The number of furan rings is 1. The Morgan fingerprint density at radius 1 is 0.517 bits per heavy atom. The molecule has 2 aromatic heterocycles. The number of hydrogen-bond donors (Lipinski definition) is 0. The lowest BCUT2D eigenvalue weighted by molar-refractivity contribution is 0.415. The Hall–Kier alpha value is -6.46. The number of benzene rings is 8. The van der Waals surface area contributed by atoms with Crippen LogP contribution in [0.1, 0.15) is 22.3 Å². The van der Waals surface area contributed by atoms with Gasteiger partial charge >= 0.3 is 0 Å². The highest BCUT2D eigenvalue weighted by molar-refractivity contribution is 7.99. The quantitative estimate of drug-likeness (QED) is 0.166. The monoisotopic (exact) mass is 787 g/mol. The molecule has 8 aromatic carbocycles. The van der Waals surface area contributed by atoms with Crippen molar-refractivity contribution in [1.82, 2.24) is 4.57 Å². The van der Waals surface area contributed by atoms with Crippen molar-refractivity contribution in [2.24, 2.45) is 0 Å². The van der Waals surface area contributed by atoms with Crippen LogP contribution in [0.4, 0.5) is 0 Å². The summed E-state index contributed by atoms with van der Waals surface area (Å²) in [6, 6.07) is 59.2. The minimum absolute atomic E-state index is 0.735. The number of nitrogens with zero attached hydrogens (tertiary/aromatic N) is 1. The maximum Gasteiger partial charge on any atom is 0.171 e. The fraction of sp³-hybridized carbons (Fsp3) is 0.0588. The molecule has 4 heterocycles. The molecule has 10 aromatic rings. The highest BCUT2D eigenvalue weighted by Crippen LogP contribution is 2.62. The molecule has 2 aliphatic rings. The normalized spacial score (nSPS) is 18.0.